The number of hydrogen-bond acceptors (Lipinski definition) is 0. The van der Waals surface area contributed by atoms with Gasteiger partial charge in [-0.15, -0.1) is 0 Å². The number of rotatable bonds is 4. The molecule has 2 aromatic heterocycles. The van der Waals surface area contributed by atoms with E-state index in [-0.39, 0.29) is 0 Å². The maximum Gasteiger partial charge on any atom is 0.175 e. The summed E-state index contributed by atoms with van der Waals surface area (Å²) in [7, 11) is 0. The summed E-state index contributed by atoms with van der Waals surface area (Å²) in [5, 5.41) is 5.35. The van der Waals surface area contributed by atoms with Gasteiger partial charge in [-0.25, -0.2) is 9.13 Å². The highest BCUT2D eigenvalue weighted by molar-refractivity contribution is 6.05. The molecular formula is C26H22N2+2. The zero-order valence-corrected chi connectivity index (χ0v) is 15.7. The molecule has 0 aliphatic carbocycles. The molecule has 0 fully saturated rings. The van der Waals surface area contributed by atoms with Crippen LogP contribution in [0.1, 0.15) is 11.1 Å². The molecule has 0 unspecified atom stereocenters. The van der Waals surface area contributed by atoms with E-state index < -0.39 is 0 Å². The molecule has 0 radical (unpaired) electrons. The van der Waals surface area contributed by atoms with Crippen LogP contribution >= 0.6 is 0 Å². The molecule has 5 aromatic rings. The van der Waals surface area contributed by atoms with Crippen molar-refractivity contribution in [3.05, 3.63) is 121 Å². The molecule has 0 amide bonds. The summed E-state index contributed by atoms with van der Waals surface area (Å²) in [4.78, 5) is 0. The van der Waals surface area contributed by atoms with Crippen LogP contribution in [0.3, 0.4) is 0 Å². The van der Waals surface area contributed by atoms with Crippen molar-refractivity contribution < 1.29 is 9.13 Å². The van der Waals surface area contributed by atoms with Crippen molar-refractivity contribution in [2.45, 2.75) is 13.1 Å². The van der Waals surface area contributed by atoms with Gasteiger partial charge in [0, 0.05) is 35.4 Å². The molecule has 2 nitrogen and oxygen atoms in total. The number of nitrogens with zero attached hydrogens (tertiary/aromatic N) is 2. The van der Waals surface area contributed by atoms with Gasteiger partial charge in [-0.3, -0.25) is 0 Å². The molecule has 3 aromatic carbocycles. The van der Waals surface area contributed by atoms with Gasteiger partial charge in [0.2, 0.25) is 0 Å². The van der Waals surface area contributed by atoms with Gasteiger partial charge >= 0.3 is 0 Å². The van der Waals surface area contributed by atoms with Crippen molar-refractivity contribution in [2.24, 2.45) is 0 Å². The lowest BCUT2D eigenvalue weighted by molar-refractivity contribution is -0.688. The average Bonchev–Trinajstić information content (AvgIpc) is 2.77. The van der Waals surface area contributed by atoms with Crippen molar-refractivity contribution in [3.8, 4) is 0 Å². The number of pyridine rings is 2. The molecule has 2 heteroatoms. The second-order valence-electron chi connectivity index (χ2n) is 7.14. The molecule has 0 N–H and O–H groups in total. The van der Waals surface area contributed by atoms with E-state index in [1.807, 2.05) is 0 Å². The molecule has 0 atom stereocenters. The zero-order chi connectivity index (χ0) is 18.8. The fourth-order valence-electron chi connectivity index (χ4n) is 4.09. The second kappa shape index (κ2) is 7.24. The Morgan fingerprint density at radius 1 is 0.393 bits per heavy atom. The minimum Gasteiger partial charge on any atom is -0.201 e. The van der Waals surface area contributed by atoms with Gasteiger partial charge in [-0.05, 0) is 21.5 Å². The van der Waals surface area contributed by atoms with Gasteiger partial charge in [0.25, 0.3) is 0 Å². The predicted octanol–water partition coefficient (Wildman–Crippen LogP) is 4.66. The first-order chi connectivity index (χ1) is 13.9. The normalized spacial score (nSPS) is 11.1. The van der Waals surface area contributed by atoms with Gasteiger partial charge in [0.1, 0.15) is 0 Å². The number of hydrogen-bond donors (Lipinski definition) is 0. The molecule has 0 bridgehead atoms. The van der Waals surface area contributed by atoms with Crippen LogP contribution in [-0.4, -0.2) is 0 Å². The lowest BCUT2D eigenvalue weighted by Crippen LogP contribution is -2.34. The SMILES string of the molecule is c1cc[n+](Cc2c3ccccc3c(C[n+]3ccccc3)c3ccccc23)cc1. The van der Waals surface area contributed by atoms with E-state index in [0.717, 1.165) is 13.1 Å². The Bertz CT molecular complexity index is 1090. The Balaban J connectivity index is 1.78. The Morgan fingerprint density at radius 3 is 1.04 bits per heavy atom. The van der Waals surface area contributed by atoms with Crippen LogP contribution in [0.5, 0.6) is 0 Å². The van der Waals surface area contributed by atoms with Crippen molar-refractivity contribution in [1.82, 2.24) is 0 Å². The molecule has 0 spiro atoms. The van der Waals surface area contributed by atoms with Gasteiger partial charge in [-0.1, -0.05) is 60.7 Å². The van der Waals surface area contributed by atoms with Crippen LogP contribution in [0.25, 0.3) is 21.5 Å². The summed E-state index contributed by atoms with van der Waals surface area (Å²) in [5.74, 6) is 0. The highest BCUT2D eigenvalue weighted by atomic mass is 14.9. The van der Waals surface area contributed by atoms with E-state index in [0.29, 0.717) is 0 Å². The summed E-state index contributed by atoms with van der Waals surface area (Å²) in [5.41, 5.74) is 2.76. The highest BCUT2D eigenvalue weighted by Gasteiger charge is 2.18. The van der Waals surface area contributed by atoms with Gasteiger partial charge < -0.3 is 0 Å². The highest BCUT2D eigenvalue weighted by Crippen LogP contribution is 2.32. The smallest absolute Gasteiger partial charge is 0.175 e. The molecule has 2 heterocycles. The minimum atomic E-state index is 0.862. The fraction of sp³-hybridized carbons (Fsp3) is 0.0769. The minimum absolute atomic E-state index is 0.862. The average molecular weight is 362 g/mol. The lowest BCUT2D eigenvalue weighted by atomic mass is 9.91. The molecule has 0 saturated carbocycles. The third kappa shape index (κ3) is 3.03. The molecule has 0 saturated heterocycles. The van der Waals surface area contributed by atoms with Crippen LogP contribution in [-0.2, 0) is 13.1 Å². The summed E-state index contributed by atoms with van der Waals surface area (Å²) < 4.78 is 4.50. The van der Waals surface area contributed by atoms with Crippen LogP contribution in [0.15, 0.2) is 110 Å². The first-order valence-electron chi connectivity index (χ1n) is 9.69. The van der Waals surface area contributed by atoms with Gasteiger partial charge in [0.15, 0.2) is 37.9 Å². The standard InChI is InChI=1S/C26H22N2/c1-7-15-27(16-8-1)19-25-21-11-3-5-13-23(21)26(20-28-17-9-2-10-18-28)24-14-6-4-12-22(24)25/h1-18H,19-20H2/q+2. The van der Waals surface area contributed by atoms with E-state index >= 15 is 0 Å². The van der Waals surface area contributed by atoms with Crippen molar-refractivity contribution in [1.29, 1.82) is 0 Å². The van der Waals surface area contributed by atoms with Crippen molar-refractivity contribution >= 4 is 21.5 Å². The van der Waals surface area contributed by atoms with E-state index in [4.69, 9.17) is 0 Å². The largest absolute Gasteiger partial charge is 0.201 e. The van der Waals surface area contributed by atoms with Crippen LogP contribution in [0, 0.1) is 0 Å². The van der Waals surface area contributed by atoms with Crippen molar-refractivity contribution in [2.75, 3.05) is 0 Å². The predicted molar refractivity (Wildman–Crippen MR) is 113 cm³/mol. The Labute approximate surface area is 164 Å². The molecule has 0 aliphatic rings. The molecule has 134 valence electrons. The first kappa shape index (κ1) is 16.6. The fourth-order valence-corrected chi connectivity index (χ4v) is 4.09. The third-order valence-corrected chi connectivity index (χ3v) is 5.39. The number of aromatic nitrogens is 2. The first-order valence-corrected chi connectivity index (χ1v) is 9.69. The molecule has 0 aliphatic heterocycles. The van der Waals surface area contributed by atoms with E-state index in [2.05, 4.69) is 119 Å². The van der Waals surface area contributed by atoms with Crippen molar-refractivity contribution in [3.63, 3.8) is 0 Å². The quantitative estimate of drug-likeness (QED) is 0.324. The Hall–Kier alpha value is -3.52. The van der Waals surface area contributed by atoms with E-state index in [1.54, 1.807) is 0 Å². The Kier molecular flexibility index (Phi) is 4.30. The summed E-state index contributed by atoms with van der Waals surface area (Å²) in [6.07, 6.45) is 8.54. The number of fused-ring (bicyclic) bond motifs is 2. The molecule has 5 rings (SSSR count). The maximum atomic E-state index is 2.26. The van der Waals surface area contributed by atoms with Gasteiger partial charge in [0.05, 0.1) is 0 Å². The Morgan fingerprint density at radius 2 is 0.714 bits per heavy atom. The van der Waals surface area contributed by atoms with Crippen LogP contribution in [0.2, 0.25) is 0 Å². The van der Waals surface area contributed by atoms with Gasteiger partial charge in [-0.2, -0.15) is 0 Å². The number of benzene rings is 3. The second-order valence-corrected chi connectivity index (χ2v) is 7.14. The molecular weight excluding hydrogens is 340 g/mol. The van der Waals surface area contributed by atoms with Crippen LogP contribution < -0.4 is 9.13 Å². The maximum absolute atomic E-state index is 2.26. The van der Waals surface area contributed by atoms with E-state index in [1.165, 1.54) is 32.7 Å². The summed E-state index contributed by atoms with van der Waals surface area (Å²) in [6, 6.07) is 30.1. The summed E-state index contributed by atoms with van der Waals surface area (Å²) >= 11 is 0. The van der Waals surface area contributed by atoms with Crippen LogP contribution in [0.4, 0.5) is 0 Å². The lowest BCUT2D eigenvalue weighted by Gasteiger charge is -2.14. The summed E-state index contributed by atoms with van der Waals surface area (Å²) in [6.45, 7) is 1.72. The zero-order valence-electron chi connectivity index (χ0n) is 15.7. The topological polar surface area (TPSA) is 7.76 Å². The monoisotopic (exact) mass is 362 g/mol. The molecule has 28 heavy (non-hydrogen) atoms. The van der Waals surface area contributed by atoms with E-state index in [9.17, 15) is 0 Å². The third-order valence-electron chi connectivity index (χ3n) is 5.39.